The lowest BCUT2D eigenvalue weighted by atomic mass is 9.67. The van der Waals surface area contributed by atoms with Gasteiger partial charge in [-0.25, -0.2) is 0 Å². The van der Waals surface area contributed by atoms with Gasteiger partial charge in [-0.1, -0.05) is 91.9 Å². The monoisotopic (exact) mass is 578 g/mol. The zero-order valence-electron chi connectivity index (χ0n) is 23.8. The molecule has 0 saturated carbocycles. The van der Waals surface area contributed by atoms with Crippen LogP contribution in [0.4, 0.5) is 0 Å². The summed E-state index contributed by atoms with van der Waals surface area (Å²) < 4.78 is 11.0. The summed E-state index contributed by atoms with van der Waals surface area (Å²) in [6.07, 6.45) is -0.0373. The maximum Gasteiger partial charge on any atom is 0.319 e. The van der Waals surface area contributed by atoms with Crippen LogP contribution in [0.3, 0.4) is 0 Å². The number of nitriles is 1. The number of ether oxygens (including phenoxy) is 2. The SMILES string of the molecule is CCC(=O)C(C#N)(c1ccccc1)C(C(=O)OC)/C(=C(/O)OC)[P+](c1ccccc1)(c1ccccc1)c1ccccc1. The van der Waals surface area contributed by atoms with Gasteiger partial charge in [0.2, 0.25) is 0 Å². The van der Waals surface area contributed by atoms with Gasteiger partial charge in [-0.2, -0.15) is 5.26 Å². The van der Waals surface area contributed by atoms with Crippen molar-refractivity contribution in [3.8, 4) is 6.07 Å². The van der Waals surface area contributed by atoms with Gasteiger partial charge in [0, 0.05) is 6.42 Å². The number of carbonyl (C=O) groups excluding carboxylic acids is 2. The Kier molecular flexibility index (Phi) is 9.57. The summed E-state index contributed by atoms with van der Waals surface area (Å²) in [4.78, 5) is 28.3. The number of aliphatic hydroxyl groups excluding tert-OH is 1. The number of ketones is 1. The van der Waals surface area contributed by atoms with Crippen LogP contribution in [0.5, 0.6) is 0 Å². The standard InChI is InChI=1S/C35H32NO5P/c1-4-30(37)35(25-36,26-17-9-5-10-18-26)31(33(38)40-2)32(34(39)41-3)42(27-19-11-6-12-20-27,28-21-13-7-14-22-28)29-23-15-8-16-24-29/h5-24,31H,4H2,1-3H3/p+1/b34-32+. The van der Waals surface area contributed by atoms with Crippen LogP contribution in [-0.4, -0.2) is 31.1 Å². The third kappa shape index (κ3) is 5.09. The molecule has 0 aliphatic heterocycles. The third-order valence-corrected chi connectivity index (χ3v) is 11.9. The molecular weight excluding hydrogens is 545 g/mol. The number of benzene rings is 4. The summed E-state index contributed by atoms with van der Waals surface area (Å²) >= 11 is 0. The van der Waals surface area contributed by atoms with E-state index in [0.717, 1.165) is 15.9 Å². The van der Waals surface area contributed by atoms with E-state index >= 15 is 0 Å². The predicted molar refractivity (Wildman–Crippen MR) is 166 cm³/mol. The summed E-state index contributed by atoms with van der Waals surface area (Å²) in [5.74, 6) is -3.45. The van der Waals surface area contributed by atoms with Crippen LogP contribution in [-0.2, 0) is 24.5 Å². The third-order valence-electron chi connectivity index (χ3n) is 7.51. The summed E-state index contributed by atoms with van der Waals surface area (Å²) in [7, 11) is -0.720. The van der Waals surface area contributed by atoms with Gasteiger partial charge in [-0.3, -0.25) is 9.59 Å². The van der Waals surface area contributed by atoms with Crippen molar-refractivity contribution in [1.82, 2.24) is 0 Å². The van der Waals surface area contributed by atoms with Crippen LogP contribution in [0.25, 0.3) is 0 Å². The van der Waals surface area contributed by atoms with Crippen LogP contribution in [0.2, 0.25) is 0 Å². The number of methoxy groups -OCH3 is 2. The molecule has 6 nitrogen and oxygen atoms in total. The highest BCUT2D eigenvalue weighted by Gasteiger charge is 2.64. The first-order chi connectivity index (χ1) is 20.4. The molecule has 1 N–H and O–H groups in total. The smallest absolute Gasteiger partial charge is 0.319 e. The number of aliphatic hydroxyl groups is 1. The van der Waals surface area contributed by atoms with Gasteiger partial charge in [0.25, 0.3) is 0 Å². The van der Waals surface area contributed by atoms with Crippen molar-refractivity contribution >= 4 is 34.9 Å². The molecule has 0 aromatic heterocycles. The fourth-order valence-electron chi connectivity index (χ4n) is 5.66. The largest absolute Gasteiger partial charge is 0.478 e. The van der Waals surface area contributed by atoms with Crippen molar-refractivity contribution in [2.24, 2.45) is 5.92 Å². The fourth-order valence-corrected chi connectivity index (χ4v) is 10.3. The van der Waals surface area contributed by atoms with E-state index in [4.69, 9.17) is 9.47 Å². The average Bonchev–Trinajstić information content (AvgIpc) is 3.07. The second-order valence-corrected chi connectivity index (χ2v) is 13.0. The first-order valence-electron chi connectivity index (χ1n) is 13.5. The van der Waals surface area contributed by atoms with Gasteiger partial charge in [0.05, 0.1) is 20.3 Å². The van der Waals surface area contributed by atoms with Crippen LogP contribution < -0.4 is 15.9 Å². The number of hydrogen-bond acceptors (Lipinski definition) is 6. The number of esters is 1. The Labute approximate surface area is 247 Å². The number of hydrogen-bond donors (Lipinski definition) is 1. The van der Waals surface area contributed by atoms with Crippen LogP contribution in [0, 0.1) is 17.2 Å². The molecule has 0 heterocycles. The van der Waals surface area contributed by atoms with E-state index in [1.807, 2.05) is 91.0 Å². The number of carbonyl (C=O) groups is 2. The molecular formula is C35H33NO5P+. The topological polar surface area (TPSA) is 96.6 Å². The Morgan fingerprint density at radius 1 is 0.762 bits per heavy atom. The van der Waals surface area contributed by atoms with Crippen LogP contribution in [0.1, 0.15) is 18.9 Å². The minimum absolute atomic E-state index is 0.0373. The highest BCUT2D eigenvalue weighted by atomic mass is 31.2. The van der Waals surface area contributed by atoms with Gasteiger partial charge in [-0.15, -0.1) is 0 Å². The lowest BCUT2D eigenvalue weighted by Crippen LogP contribution is -2.50. The van der Waals surface area contributed by atoms with Gasteiger partial charge in [0.15, 0.2) is 22.4 Å². The average molecular weight is 579 g/mol. The second kappa shape index (κ2) is 13.3. The fraction of sp³-hybridized carbons (Fsp3) is 0.171. The Hall–Kier alpha value is -4.72. The van der Waals surface area contributed by atoms with E-state index in [1.54, 1.807) is 37.3 Å². The first-order valence-corrected chi connectivity index (χ1v) is 15.3. The Bertz CT molecular complexity index is 1490. The maximum absolute atomic E-state index is 14.2. The minimum atomic E-state index is -3.24. The quantitative estimate of drug-likeness (QED) is 0.142. The Balaban J connectivity index is 2.31. The maximum atomic E-state index is 14.2. The van der Waals surface area contributed by atoms with Crippen molar-refractivity contribution in [3.05, 3.63) is 138 Å². The number of nitrogens with zero attached hydrogens (tertiary/aromatic N) is 1. The number of rotatable bonds is 11. The Morgan fingerprint density at radius 2 is 1.17 bits per heavy atom. The lowest BCUT2D eigenvalue weighted by Gasteiger charge is -2.38. The summed E-state index contributed by atoms with van der Waals surface area (Å²) in [5, 5.41) is 25.4. The van der Waals surface area contributed by atoms with E-state index in [2.05, 4.69) is 6.07 Å². The molecule has 0 radical (unpaired) electrons. The van der Waals surface area contributed by atoms with Gasteiger partial charge < -0.3 is 14.6 Å². The molecule has 0 saturated heterocycles. The highest BCUT2D eigenvalue weighted by Crippen LogP contribution is 2.67. The molecule has 4 rings (SSSR count). The van der Waals surface area contributed by atoms with Crippen LogP contribution in [0.15, 0.2) is 133 Å². The van der Waals surface area contributed by atoms with Gasteiger partial charge in [-0.05, 0) is 42.0 Å². The molecule has 0 aliphatic carbocycles. The summed E-state index contributed by atoms with van der Waals surface area (Å²) in [5.41, 5.74) is -1.72. The zero-order valence-corrected chi connectivity index (χ0v) is 24.7. The summed E-state index contributed by atoms with van der Waals surface area (Å²) in [6.45, 7) is 1.65. The zero-order chi connectivity index (χ0) is 30.2. The normalized spacial score (nSPS) is 14.0. The van der Waals surface area contributed by atoms with E-state index in [0.29, 0.717) is 5.56 Å². The molecule has 212 valence electrons. The molecule has 2 atom stereocenters. The van der Waals surface area contributed by atoms with Crippen molar-refractivity contribution in [2.75, 3.05) is 14.2 Å². The van der Waals surface area contributed by atoms with E-state index in [1.165, 1.54) is 14.2 Å². The van der Waals surface area contributed by atoms with E-state index in [-0.39, 0.29) is 11.7 Å². The van der Waals surface area contributed by atoms with Crippen LogP contribution >= 0.6 is 7.26 Å². The molecule has 4 aromatic carbocycles. The summed E-state index contributed by atoms with van der Waals surface area (Å²) in [6, 6.07) is 39.3. The van der Waals surface area contributed by atoms with Crippen molar-refractivity contribution < 1.29 is 24.2 Å². The highest BCUT2D eigenvalue weighted by molar-refractivity contribution is 7.99. The Morgan fingerprint density at radius 3 is 1.50 bits per heavy atom. The molecule has 0 bridgehead atoms. The predicted octanol–water partition coefficient (Wildman–Crippen LogP) is 5.58. The molecule has 0 amide bonds. The molecule has 0 aliphatic rings. The number of Topliss-reactive ketones (excluding diaryl/α,β-unsaturated/α-hetero) is 1. The van der Waals surface area contributed by atoms with Gasteiger partial charge >= 0.3 is 11.9 Å². The van der Waals surface area contributed by atoms with E-state index in [9.17, 15) is 20.0 Å². The molecule has 7 heteroatoms. The van der Waals surface area contributed by atoms with Crippen molar-refractivity contribution in [3.63, 3.8) is 0 Å². The molecule has 0 spiro atoms. The van der Waals surface area contributed by atoms with Gasteiger partial charge in [0.1, 0.15) is 23.2 Å². The molecule has 2 unspecified atom stereocenters. The molecule has 0 fully saturated rings. The molecule has 42 heavy (non-hydrogen) atoms. The first kappa shape index (κ1) is 30.2. The second-order valence-electron chi connectivity index (χ2n) is 9.59. The van der Waals surface area contributed by atoms with E-state index < -0.39 is 36.3 Å². The lowest BCUT2D eigenvalue weighted by molar-refractivity contribution is -0.148. The molecule has 4 aromatic rings. The van der Waals surface area contributed by atoms with Crippen molar-refractivity contribution in [2.45, 2.75) is 18.8 Å². The van der Waals surface area contributed by atoms with Crippen molar-refractivity contribution in [1.29, 1.82) is 5.26 Å². The minimum Gasteiger partial charge on any atom is -0.478 e.